The molecule has 0 spiro atoms. The lowest BCUT2D eigenvalue weighted by atomic mass is 9.78. The Balaban J connectivity index is 2.05. The predicted octanol–water partition coefficient (Wildman–Crippen LogP) is 0.870. The largest absolute Gasteiger partial charge is 0.497 e. The molecule has 1 heterocycles. The molecule has 0 bridgehead atoms. The van der Waals surface area contributed by atoms with Crippen LogP contribution in [-0.2, 0) is 9.53 Å². The zero-order valence-electron chi connectivity index (χ0n) is 15.1. The van der Waals surface area contributed by atoms with Gasteiger partial charge in [0, 0.05) is 19.2 Å². The average molecular weight is 352 g/mol. The molecule has 1 atom stereocenters. The van der Waals surface area contributed by atoms with Crippen molar-refractivity contribution in [3.63, 3.8) is 0 Å². The smallest absolute Gasteiger partial charge is 0.228 e. The summed E-state index contributed by atoms with van der Waals surface area (Å²) in [7, 11) is 4.71. The molecule has 1 fully saturated rings. The highest BCUT2D eigenvalue weighted by molar-refractivity contribution is 5.83. The maximum atomic E-state index is 12.7. The number of hydrogen-bond donors (Lipinski definition) is 3. The minimum atomic E-state index is -0.893. The van der Waals surface area contributed by atoms with Crippen molar-refractivity contribution in [1.82, 2.24) is 10.6 Å². The highest BCUT2D eigenvalue weighted by atomic mass is 16.5. The van der Waals surface area contributed by atoms with Crippen LogP contribution in [-0.4, -0.2) is 58.6 Å². The van der Waals surface area contributed by atoms with E-state index in [1.54, 1.807) is 39.5 Å². The van der Waals surface area contributed by atoms with Gasteiger partial charge in [0.15, 0.2) is 0 Å². The molecule has 0 aliphatic carbocycles. The van der Waals surface area contributed by atoms with Gasteiger partial charge < -0.3 is 30.0 Å². The van der Waals surface area contributed by atoms with Crippen molar-refractivity contribution in [1.29, 1.82) is 0 Å². The van der Waals surface area contributed by atoms with E-state index < -0.39 is 11.5 Å². The van der Waals surface area contributed by atoms with Gasteiger partial charge in [0.2, 0.25) is 5.91 Å². The van der Waals surface area contributed by atoms with Crippen LogP contribution in [0.4, 0.5) is 0 Å². The number of methoxy groups -OCH3 is 3. The number of carbonyl (C=O) groups excluding carboxylic acids is 1. The van der Waals surface area contributed by atoms with Crippen LogP contribution in [0.5, 0.6) is 11.5 Å². The van der Waals surface area contributed by atoms with Gasteiger partial charge in [-0.25, -0.2) is 0 Å². The molecule has 7 heteroatoms. The second-order valence-electron chi connectivity index (χ2n) is 6.30. The van der Waals surface area contributed by atoms with Gasteiger partial charge >= 0.3 is 0 Å². The van der Waals surface area contributed by atoms with E-state index in [1.807, 2.05) is 0 Å². The summed E-state index contributed by atoms with van der Waals surface area (Å²) in [4.78, 5) is 12.7. The van der Waals surface area contributed by atoms with E-state index in [9.17, 15) is 9.90 Å². The third-order valence-electron chi connectivity index (χ3n) is 4.71. The summed E-state index contributed by atoms with van der Waals surface area (Å²) in [6.45, 7) is 2.03. The van der Waals surface area contributed by atoms with Crippen LogP contribution < -0.4 is 20.1 Å². The first-order valence-electron chi connectivity index (χ1n) is 8.44. The Morgan fingerprint density at radius 3 is 2.60 bits per heavy atom. The van der Waals surface area contributed by atoms with E-state index in [1.165, 1.54) is 0 Å². The Labute approximate surface area is 148 Å². The van der Waals surface area contributed by atoms with Crippen molar-refractivity contribution in [2.24, 2.45) is 5.41 Å². The molecule has 1 amide bonds. The third-order valence-corrected chi connectivity index (χ3v) is 4.71. The molecule has 25 heavy (non-hydrogen) atoms. The number of aliphatic hydroxyl groups is 1. The zero-order valence-corrected chi connectivity index (χ0v) is 15.1. The van der Waals surface area contributed by atoms with Crippen LogP contribution >= 0.6 is 0 Å². The summed E-state index contributed by atoms with van der Waals surface area (Å²) in [5.41, 5.74) is 0.0336. The summed E-state index contributed by atoms with van der Waals surface area (Å²) < 4.78 is 15.8. The van der Waals surface area contributed by atoms with Gasteiger partial charge in [0.25, 0.3) is 0 Å². The summed E-state index contributed by atoms with van der Waals surface area (Å²) in [6.07, 6.45) is 0.534. The van der Waals surface area contributed by atoms with Crippen LogP contribution in [0, 0.1) is 5.41 Å². The predicted molar refractivity (Wildman–Crippen MR) is 93.9 cm³/mol. The molecule has 1 unspecified atom stereocenters. The standard InChI is InChI=1S/C18H28N2O5/c1-23-12-18(6-8-19-9-7-18)17(22)20-11-15(21)14-10-13(24-2)4-5-16(14)25-3/h4-5,10,15,19,21H,6-9,11-12H2,1-3H3,(H,20,22). The van der Waals surface area contributed by atoms with Crippen molar-refractivity contribution < 1.29 is 24.1 Å². The fraction of sp³-hybridized carbons (Fsp3) is 0.611. The maximum absolute atomic E-state index is 12.7. The van der Waals surface area contributed by atoms with Gasteiger partial charge in [-0.2, -0.15) is 0 Å². The molecule has 0 radical (unpaired) electrons. The molecule has 1 aliphatic rings. The molecule has 140 valence electrons. The number of nitrogens with one attached hydrogen (secondary N) is 2. The van der Waals surface area contributed by atoms with Gasteiger partial charge in [-0.1, -0.05) is 0 Å². The number of benzene rings is 1. The van der Waals surface area contributed by atoms with Gasteiger partial charge in [0.1, 0.15) is 11.5 Å². The first kappa shape index (κ1) is 19.5. The summed E-state index contributed by atoms with van der Waals surface area (Å²) in [5.74, 6) is 1.09. The van der Waals surface area contributed by atoms with Crippen LogP contribution in [0.2, 0.25) is 0 Å². The lowest BCUT2D eigenvalue weighted by molar-refractivity contribution is -0.136. The molecule has 0 aromatic heterocycles. The number of ether oxygens (including phenoxy) is 3. The average Bonchev–Trinajstić information content (AvgIpc) is 2.66. The molecule has 7 nitrogen and oxygen atoms in total. The van der Waals surface area contributed by atoms with Crippen molar-refractivity contribution >= 4 is 5.91 Å². The van der Waals surface area contributed by atoms with E-state index in [0.29, 0.717) is 36.5 Å². The molecule has 1 aliphatic heterocycles. The van der Waals surface area contributed by atoms with E-state index in [-0.39, 0.29) is 12.5 Å². The normalized spacial score (nSPS) is 17.6. The number of aliphatic hydroxyl groups excluding tert-OH is 1. The quantitative estimate of drug-likeness (QED) is 0.643. The fourth-order valence-electron chi connectivity index (χ4n) is 3.21. The Kier molecular flexibility index (Phi) is 7.04. The maximum Gasteiger partial charge on any atom is 0.228 e. The molecular formula is C18H28N2O5. The molecule has 1 aromatic carbocycles. The number of piperidine rings is 1. The van der Waals surface area contributed by atoms with Crippen LogP contribution in [0.3, 0.4) is 0 Å². The highest BCUT2D eigenvalue weighted by Gasteiger charge is 2.39. The number of amides is 1. The van der Waals surface area contributed by atoms with Crippen LogP contribution in [0.25, 0.3) is 0 Å². The summed E-state index contributed by atoms with van der Waals surface area (Å²) in [5, 5.41) is 16.6. The topological polar surface area (TPSA) is 89.1 Å². The van der Waals surface area contributed by atoms with Gasteiger partial charge in [-0.3, -0.25) is 4.79 Å². The number of rotatable bonds is 8. The molecule has 1 aromatic rings. The lowest BCUT2D eigenvalue weighted by Gasteiger charge is -2.35. The Hall–Kier alpha value is -1.83. The van der Waals surface area contributed by atoms with E-state index in [4.69, 9.17) is 14.2 Å². The van der Waals surface area contributed by atoms with E-state index >= 15 is 0 Å². The summed E-state index contributed by atoms with van der Waals surface area (Å²) in [6, 6.07) is 5.21. The van der Waals surface area contributed by atoms with Gasteiger partial charge in [-0.05, 0) is 44.1 Å². The molecule has 0 saturated carbocycles. The lowest BCUT2D eigenvalue weighted by Crippen LogP contribution is -2.50. The minimum absolute atomic E-state index is 0.0863. The minimum Gasteiger partial charge on any atom is -0.497 e. The van der Waals surface area contributed by atoms with Gasteiger partial charge in [0.05, 0.1) is 32.3 Å². The molecule has 3 N–H and O–H groups in total. The first-order chi connectivity index (χ1) is 12.1. The van der Waals surface area contributed by atoms with Crippen molar-refractivity contribution in [2.75, 3.05) is 47.6 Å². The summed E-state index contributed by atoms with van der Waals surface area (Å²) >= 11 is 0. The second-order valence-corrected chi connectivity index (χ2v) is 6.30. The zero-order chi connectivity index (χ0) is 18.3. The van der Waals surface area contributed by atoms with E-state index in [2.05, 4.69) is 10.6 Å². The Bertz CT molecular complexity index is 567. The Morgan fingerprint density at radius 1 is 1.28 bits per heavy atom. The van der Waals surface area contributed by atoms with Crippen molar-refractivity contribution in [2.45, 2.75) is 18.9 Å². The number of hydrogen-bond acceptors (Lipinski definition) is 6. The third kappa shape index (κ3) is 4.62. The van der Waals surface area contributed by atoms with Crippen molar-refractivity contribution in [3.05, 3.63) is 23.8 Å². The van der Waals surface area contributed by atoms with Gasteiger partial charge in [-0.15, -0.1) is 0 Å². The highest BCUT2D eigenvalue weighted by Crippen LogP contribution is 2.31. The van der Waals surface area contributed by atoms with Crippen LogP contribution in [0.15, 0.2) is 18.2 Å². The Morgan fingerprint density at radius 2 is 2.00 bits per heavy atom. The van der Waals surface area contributed by atoms with Crippen LogP contribution in [0.1, 0.15) is 24.5 Å². The fourth-order valence-corrected chi connectivity index (χ4v) is 3.21. The number of carbonyl (C=O) groups is 1. The SMILES string of the molecule is COCC1(C(=O)NCC(O)c2cc(OC)ccc2OC)CCNCC1. The second kappa shape index (κ2) is 9.03. The first-order valence-corrected chi connectivity index (χ1v) is 8.44. The monoisotopic (exact) mass is 352 g/mol. The van der Waals surface area contributed by atoms with E-state index in [0.717, 1.165) is 13.1 Å². The molecule has 2 rings (SSSR count). The molecular weight excluding hydrogens is 324 g/mol. The van der Waals surface area contributed by atoms with Crippen molar-refractivity contribution in [3.8, 4) is 11.5 Å². The molecule has 1 saturated heterocycles.